The van der Waals surface area contributed by atoms with Crippen molar-refractivity contribution in [1.82, 2.24) is 19.7 Å². The van der Waals surface area contributed by atoms with E-state index in [1.165, 1.54) is 11.3 Å². The molecule has 5 heteroatoms. The van der Waals surface area contributed by atoms with Gasteiger partial charge in [0.05, 0.1) is 11.0 Å². The zero-order chi connectivity index (χ0) is 16.8. The first-order chi connectivity index (χ1) is 12.3. The van der Waals surface area contributed by atoms with Crippen LogP contribution in [0.25, 0.3) is 33.4 Å². The Hall–Kier alpha value is -2.72. The lowest BCUT2D eigenvalue weighted by molar-refractivity contribution is 0.659. The molecule has 2 aromatic heterocycles. The molecule has 1 aliphatic rings. The fourth-order valence-electron chi connectivity index (χ4n) is 3.59. The summed E-state index contributed by atoms with van der Waals surface area (Å²) in [5, 5.41) is 5.60. The Balaban J connectivity index is 1.76. The summed E-state index contributed by atoms with van der Waals surface area (Å²) in [7, 11) is 0. The molecule has 0 radical (unpaired) electrons. The molecule has 0 amide bonds. The summed E-state index contributed by atoms with van der Waals surface area (Å²) in [5.74, 6) is 0. The minimum atomic E-state index is 0.723. The van der Waals surface area contributed by atoms with E-state index >= 15 is 0 Å². The smallest absolute Gasteiger partial charge is 0.100 e. The van der Waals surface area contributed by atoms with E-state index in [9.17, 15) is 0 Å². The van der Waals surface area contributed by atoms with Gasteiger partial charge in [0.1, 0.15) is 5.69 Å². The number of benzene rings is 2. The number of aromatic nitrogens is 4. The zero-order valence-electron chi connectivity index (χ0n) is 13.5. The number of aryl methyl sites for hydroxylation is 1. The fraction of sp³-hybridized carbons (Fsp3) is 0.150. The van der Waals surface area contributed by atoms with E-state index in [2.05, 4.69) is 32.8 Å². The Morgan fingerprint density at radius 2 is 1.80 bits per heavy atom. The van der Waals surface area contributed by atoms with Crippen LogP contribution in [0.15, 0.2) is 54.9 Å². The number of hydrogen-bond acceptors (Lipinski definition) is 3. The molecule has 0 bridgehead atoms. The largest absolute Gasteiger partial charge is 0.268 e. The molecule has 0 fully saturated rings. The summed E-state index contributed by atoms with van der Waals surface area (Å²) in [6.07, 6.45) is 5.63. The molecule has 1 aliphatic heterocycles. The average molecular weight is 347 g/mol. The van der Waals surface area contributed by atoms with Crippen LogP contribution in [0.2, 0.25) is 5.02 Å². The lowest BCUT2D eigenvalue weighted by Gasteiger charge is -2.07. The van der Waals surface area contributed by atoms with Crippen LogP contribution >= 0.6 is 11.6 Å². The topological polar surface area (TPSA) is 43.6 Å². The van der Waals surface area contributed by atoms with E-state index in [-0.39, 0.29) is 0 Å². The normalized spacial score (nSPS) is 13.3. The third-order valence-corrected chi connectivity index (χ3v) is 4.93. The van der Waals surface area contributed by atoms with E-state index in [0.717, 1.165) is 52.3 Å². The van der Waals surface area contributed by atoms with Crippen LogP contribution < -0.4 is 0 Å². The summed E-state index contributed by atoms with van der Waals surface area (Å²) in [5.41, 5.74) is 7.44. The van der Waals surface area contributed by atoms with E-state index < -0.39 is 0 Å². The van der Waals surface area contributed by atoms with Gasteiger partial charge >= 0.3 is 0 Å². The number of rotatable bonds is 2. The summed E-state index contributed by atoms with van der Waals surface area (Å²) >= 11 is 6.21. The highest BCUT2D eigenvalue weighted by Gasteiger charge is 2.24. The van der Waals surface area contributed by atoms with Crippen molar-refractivity contribution in [1.29, 1.82) is 0 Å². The third kappa shape index (κ3) is 2.41. The number of nitrogens with zero attached hydrogens (tertiary/aromatic N) is 4. The lowest BCUT2D eigenvalue weighted by atomic mass is 9.97. The predicted octanol–water partition coefficient (Wildman–Crippen LogP) is 4.76. The predicted molar refractivity (Wildman–Crippen MR) is 99.5 cm³/mol. The molecule has 0 saturated carbocycles. The second kappa shape index (κ2) is 5.67. The maximum Gasteiger partial charge on any atom is 0.100 e. The fourth-order valence-corrected chi connectivity index (χ4v) is 3.78. The highest BCUT2D eigenvalue weighted by atomic mass is 35.5. The van der Waals surface area contributed by atoms with Crippen molar-refractivity contribution in [3.63, 3.8) is 0 Å². The van der Waals surface area contributed by atoms with Gasteiger partial charge in [0.2, 0.25) is 0 Å². The Bertz CT molecular complexity index is 1100. The van der Waals surface area contributed by atoms with Crippen LogP contribution in [-0.2, 0) is 13.0 Å². The first-order valence-electron chi connectivity index (χ1n) is 8.36. The molecule has 122 valence electrons. The molecule has 2 aromatic carbocycles. The Kier molecular flexibility index (Phi) is 3.31. The van der Waals surface area contributed by atoms with Crippen LogP contribution in [0, 0.1) is 0 Å². The van der Waals surface area contributed by atoms with Crippen LogP contribution in [0.1, 0.15) is 12.1 Å². The highest BCUT2D eigenvalue weighted by molar-refractivity contribution is 6.30. The van der Waals surface area contributed by atoms with Gasteiger partial charge in [0.25, 0.3) is 0 Å². The van der Waals surface area contributed by atoms with E-state index in [4.69, 9.17) is 16.7 Å². The third-order valence-electron chi connectivity index (χ3n) is 4.70. The second-order valence-electron chi connectivity index (χ2n) is 6.27. The van der Waals surface area contributed by atoms with Gasteiger partial charge in [0, 0.05) is 40.8 Å². The molecule has 0 saturated heterocycles. The van der Waals surface area contributed by atoms with Crippen molar-refractivity contribution in [2.45, 2.75) is 19.4 Å². The molecule has 3 heterocycles. The lowest BCUT2D eigenvalue weighted by Crippen LogP contribution is -1.94. The van der Waals surface area contributed by atoms with Gasteiger partial charge in [-0.1, -0.05) is 29.8 Å². The molecule has 0 spiro atoms. The first-order valence-corrected chi connectivity index (χ1v) is 8.74. The number of halogens is 1. The van der Waals surface area contributed by atoms with Gasteiger partial charge in [-0.3, -0.25) is 14.6 Å². The maximum atomic E-state index is 6.21. The zero-order valence-corrected chi connectivity index (χ0v) is 14.2. The van der Waals surface area contributed by atoms with Crippen molar-refractivity contribution < 1.29 is 0 Å². The SMILES string of the molecule is Clc1cccc(-c2nn3c(c2-c2ccc4nccnc4c2)CCC3)c1. The Morgan fingerprint density at radius 1 is 0.920 bits per heavy atom. The van der Waals surface area contributed by atoms with E-state index in [0.29, 0.717) is 0 Å². The van der Waals surface area contributed by atoms with Gasteiger partial charge in [-0.05, 0) is 42.7 Å². The van der Waals surface area contributed by atoms with Crippen molar-refractivity contribution in [2.24, 2.45) is 0 Å². The first kappa shape index (κ1) is 14.6. The molecule has 4 aromatic rings. The monoisotopic (exact) mass is 346 g/mol. The number of fused-ring (bicyclic) bond motifs is 2. The standard InChI is InChI=1S/C20H15ClN4/c21-15-4-1-3-14(11-15)20-19(18-5-2-10-25(18)24-20)13-6-7-16-17(12-13)23-9-8-22-16/h1,3-4,6-9,11-12H,2,5,10H2. The highest BCUT2D eigenvalue weighted by Crippen LogP contribution is 2.38. The van der Waals surface area contributed by atoms with Crippen molar-refractivity contribution in [2.75, 3.05) is 0 Å². The quantitative estimate of drug-likeness (QED) is 0.525. The summed E-state index contributed by atoms with van der Waals surface area (Å²) < 4.78 is 2.13. The summed E-state index contributed by atoms with van der Waals surface area (Å²) in [4.78, 5) is 8.82. The molecule has 0 N–H and O–H groups in total. The number of hydrogen-bond donors (Lipinski definition) is 0. The minimum absolute atomic E-state index is 0.723. The molecule has 25 heavy (non-hydrogen) atoms. The molecule has 0 unspecified atom stereocenters. The van der Waals surface area contributed by atoms with Crippen LogP contribution in [-0.4, -0.2) is 19.7 Å². The van der Waals surface area contributed by atoms with E-state index in [1.807, 2.05) is 24.3 Å². The van der Waals surface area contributed by atoms with Crippen molar-refractivity contribution in [3.05, 3.63) is 65.6 Å². The summed E-state index contributed by atoms with van der Waals surface area (Å²) in [6.45, 7) is 0.969. The second-order valence-corrected chi connectivity index (χ2v) is 6.70. The maximum absolute atomic E-state index is 6.21. The molecular formula is C20H15ClN4. The van der Waals surface area contributed by atoms with Crippen LogP contribution in [0.3, 0.4) is 0 Å². The van der Waals surface area contributed by atoms with Gasteiger partial charge in [-0.2, -0.15) is 5.10 Å². The summed E-state index contributed by atoms with van der Waals surface area (Å²) in [6, 6.07) is 14.1. The Labute approximate surface area is 150 Å². The van der Waals surface area contributed by atoms with Gasteiger partial charge < -0.3 is 0 Å². The molecule has 0 atom stereocenters. The molecule has 5 rings (SSSR count). The van der Waals surface area contributed by atoms with Gasteiger partial charge in [0.15, 0.2) is 0 Å². The van der Waals surface area contributed by atoms with Crippen molar-refractivity contribution in [3.8, 4) is 22.4 Å². The Morgan fingerprint density at radius 3 is 2.68 bits per heavy atom. The molecule has 4 nitrogen and oxygen atoms in total. The van der Waals surface area contributed by atoms with Gasteiger partial charge in [-0.25, -0.2) is 0 Å². The van der Waals surface area contributed by atoms with Gasteiger partial charge in [-0.15, -0.1) is 0 Å². The molecule has 0 aliphatic carbocycles. The van der Waals surface area contributed by atoms with Crippen molar-refractivity contribution >= 4 is 22.6 Å². The van der Waals surface area contributed by atoms with Crippen LogP contribution in [0.5, 0.6) is 0 Å². The van der Waals surface area contributed by atoms with E-state index in [1.54, 1.807) is 12.4 Å². The van der Waals surface area contributed by atoms with Crippen LogP contribution in [0.4, 0.5) is 0 Å². The molecular weight excluding hydrogens is 332 g/mol. The minimum Gasteiger partial charge on any atom is -0.268 e. The average Bonchev–Trinajstić information content (AvgIpc) is 3.22.